The summed E-state index contributed by atoms with van der Waals surface area (Å²) in [6.45, 7) is 2.66. The van der Waals surface area contributed by atoms with Crippen molar-refractivity contribution < 1.29 is 9.21 Å². The summed E-state index contributed by atoms with van der Waals surface area (Å²) >= 11 is 0. The summed E-state index contributed by atoms with van der Waals surface area (Å²) in [4.78, 5) is 17.0. The van der Waals surface area contributed by atoms with E-state index in [1.807, 2.05) is 41.9 Å². The van der Waals surface area contributed by atoms with Gasteiger partial charge in [0, 0.05) is 30.6 Å². The van der Waals surface area contributed by atoms with Gasteiger partial charge in [0.15, 0.2) is 0 Å². The maximum absolute atomic E-state index is 12.5. The molecule has 1 aliphatic rings. The number of amides is 1. The summed E-state index contributed by atoms with van der Waals surface area (Å²) in [5.74, 6) is 2.35. The van der Waals surface area contributed by atoms with Crippen molar-refractivity contribution in [2.24, 2.45) is 5.92 Å². The first-order valence-electron chi connectivity index (χ1n) is 9.46. The second-order valence-electron chi connectivity index (χ2n) is 7.31. The molecule has 3 aromatic rings. The molecule has 0 spiro atoms. The highest BCUT2D eigenvalue weighted by atomic mass is 16.3. The molecule has 0 radical (unpaired) electrons. The van der Waals surface area contributed by atoms with Crippen molar-refractivity contribution in [1.29, 1.82) is 0 Å². The van der Waals surface area contributed by atoms with Gasteiger partial charge in [-0.3, -0.25) is 4.79 Å². The Kier molecular flexibility index (Phi) is 4.78. The molecular weight excluding hydrogens is 326 g/mol. The number of nitrogens with one attached hydrogen (secondary N) is 1. The zero-order valence-electron chi connectivity index (χ0n) is 15.1. The highest BCUT2D eigenvalue weighted by Gasteiger charge is 2.24. The van der Waals surface area contributed by atoms with Crippen LogP contribution in [0, 0.1) is 12.8 Å². The van der Waals surface area contributed by atoms with Gasteiger partial charge in [0.2, 0.25) is 0 Å². The van der Waals surface area contributed by atoms with E-state index in [9.17, 15) is 4.79 Å². The van der Waals surface area contributed by atoms with Gasteiger partial charge in [0.25, 0.3) is 5.91 Å². The third-order valence-electron chi connectivity index (χ3n) is 5.52. The van der Waals surface area contributed by atoms with Crippen LogP contribution in [0.3, 0.4) is 0 Å². The quantitative estimate of drug-likeness (QED) is 0.744. The van der Waals surface area contributed by atoms with Crippen molar-refractivity contribution in [3.8, 4) is 0 Å². The summed E-state index contributed by atoms with van der Waals surface area (Å²) < 4.78 is 7.43. The van der Waals surface area contributed by atoms with Gasteiger partial charge in [-0.2, -0.15) is 0 Å². The molecule has 1 N–H and O–H groups in total. The minimum Gasteiger partial charge on any atom is -0.469 e. The van der Waals surface area contributed by atoms with E-state index in [2.05, 4.69) is 16.4 Å². The van der Waals surface area contributed by atoms with Gasteiger partial charge in [-0.15, -0.1) is 0 Å². The van der Waals surface area contributed by atoms with Crippen molar-refractivity contribution in [3.05, 3.63) is 59.9 Å². The number of carbonyl (C=O) groups is 1. The standard InChI is InChI=1S/C21H25N3O2/c1-15-9-12-24-13-10-18(20(24)23-15)21(25)22-11-8-16-4-6-17(7-5-16)19-3-2-14-26-19/h2-3,9-10,12-14,16-17H,4-8,11H2,1H3,(H,22,25). The van der Waals surface area contributed by atoms with Crippen LogP contribution in [0.4, 0.5) is 0 Å². The molecular formula is C21H25N3O2. The summed E-state index contributed by atoms with van der Waals surface area (Å²) in [5, 5.41) is 3.07. The van der Waals surface area contributed by atoms with Gasteiger partial charge >= 0.3 is 0 Å². The molecule has 1 saturated carbocycles. The van der Waals surface area contributed by atoms with Crippen molar-refractivity contribution in [3.63, 3.8) is 0 Å². The van der Waals surface area contributed by atoms with Crippen LogP contribution in [0.15, 0.2) is 47.3 Å². The van der Waals surface area contributed by atoms with E-state index in [4.69, 9.17) is 4.42 Å². The average Bonchev–Trinajstić information content (AvgIpc) is 3.32. The van der Waals surface area contributed by atoms with E-state index in [1.165, 1.54) is 25.7 Å². The SMILES string of the molecule is Cc1ccn2ccc(C(=O)NCCC3CCC(c4ccco4)CC3)c2n1. The number of furan rings is 1. The zero-order chi connectivity index (χ0) is 17.9. The summed E-state index contributed by atoms with van der Waals surface area (Å²) in [5.41, 5.74) is 2.29. The predicted octanol–water partition coefficient (Wildman–Crippen LogP) is 4.33. The molecule has 0 bridgehead atoms. The Hall–Kier alpha value is -2.56. The molecule has 1 aliphatic carbocycles. The van der Waals surface area contributed by atoms with Crippen LogP contribution in [-0.4, -0.2) is 21.8 Å². The zero-order valence-corrected chi connectivity index (χ0v) is 15.1. The molecule has 3 heterocycles. The molecule has 5 nitrogen and oxygen atoms in total. The molecule has 5 heteroatoms. The Balaban J connectivity index is 1.27. The van der Waals surface area contributed by atoms with E-state index in [0.29, 0.717) is 17.4 Å². The first-order chi connectivity index (χ1) is 12.7. The Morgan fingerprint density at radius 3 is 2.81 bits per heavy atom. The van der Waals surface area contributed by atoms with Crippen molar-refractivity contribution >= 4 is 11.6 Å². The number of aryl methyl sites for hydroxylation is 1. The number of hydrogen-bond acceptors (Lipinski definition) is 3. The number of aromatic nitrogens is 2. The van der Waals surface area contributed by atoms with Crippen LogP contribution in [0.5, 0.6) is 0 Å². The van der Waals surface area contributed by atoms with E-state index in [0.717, 1.165) is 30.1 Å². The smallest absolute Gasteiger partial charge is 0.255 e. The van der Waals surface area contributed by atoms with Gasteiger partial charge in [-0.25, -0.2) is 4.98 Å². The van der Waals surface area contributed by atoms with Crippen molar-refractivity contribution in [2.45, 2.75) is 44.9 Å². The van der Waals surface area contributed by atoms with Crippen LogP contribution in [-0.2, 0) is 0 Å². The topological polar surface area (TPSA) is 59.5 Å². The minimum atomic E-state index is -0.0325. The van der Waals surface area contributed by atoms with Crippen molar-refractivity contribution in [1.82, 2.24) is 14.7 Å². The Bertz CT molecular complexity index is 874. The number of hydrogen-bond donors (Lipinski definition) is 1. The number of fused-ring (bicyclic) bond motifs is 1. The Morgan fingerprint density at radius 1 is 1.23 bits per heavy atom. The molecule has 1 amide bonds. The fourth-order valence-corrected chi connectivity index (χ4v) is 3.99. The van der Waals surface area contributed by atoms with E-state index < -0.39 is 0 Å². The number of nitrogens with zero attached hydrogens (tertiary/aromatic N) is 2. The maximum Gasteiger partial charge on any atom is 0.255 e. The monoisotopic (exact) mass is 351 g/mol. The molecule has 1 fully saturated rings. The van der Waals surface area contributed by atoms with Gasteiger partial charge in [-0.1, -0.05) is 0 Å². The highest BCUT2D eigenvalue weighted by molar-refractivity contribution is 6.00. The third kappa shape index (κ3) is 3.52. The van der Waals surface area contributed by atoms with Gasteiger partial charge in [-0.05, 0) is 69.2 Å². The Morgan fingerprint density at radius 2 is 2.04 bits per heavy atom. The predicted molar refractivity (Wildman–Crippen MR) is 100 cm³/mol. The fourth-order valence-electron chi connectivity index (χ4n) is 3.99. The maximum atomic E-state index is 12.5. The van der Waals surface area contributed by atoms with Crippen molar-refractivity contribution in [2.75, 3.05) is 6.54 Å². The lowest BCUT2D eigenvalue weighted by atomic mass is 9.79. The molecule has 0 unspecified atom stereocenters. The molecule has 136 valence electrons. The lowest BCUT2D eigenvalue weighted by molar-refractivity contribution is 0.0951. The second-order valence-corrected chi connectivity index (χ2v) is 7.31. The van der Waals surface area contributed by atoms with Crippen LogP contribution in [0.1, 0.15) is 59.8 Å². The fraction of sp³-hybridized carbons (Fsp3) is 0.429. The van der Waals surface area contributed by atoms with Crippen LogP contribution >= 0.6 is 0 Å². The second kappa shape index (κ2) is 7.36. The molecule has 0 aromatic carbocycles. The average molecular weight is 351 g/mol. The molecule has 0 aliphatic heterocycles. The summed E-state index contributed by atoms with van der Waals surface area (Å²) in [7, 11) is 0. The third-order valence-corrected chi connectivity index (χ3v) is 5.52. The van der Waals surface area contributed by atoms with Gasteiger partial charge < -0.3 is 14.1 Å². The van der Waals surface area contributed by atoms with Gasteiger partial charge in [0.05, 0.1) is 11.8 Å². The largest absolute Gasteiger partial charge is 0.469 e. The number of rotatable bonds is 5. The molecule has 4 rings (SSSR count). The minimum absolute atomic E-state index is 0.0325. The van der Waals surface area contributed by atoms with Crippen LogP contribution < -0.4 is 5.32 Å². The normalized spacial score (nSPS) is 20.3. The van der Waals surface area contributed by atoms with Gasteiger partial charge in [0.1, 0.15) is 11.4 Å². The first kappa shape index (κ1) is 16.9. The molecule has 0 saturated heterocycles. The summed E-state index contributed by atoms with van der Waals surface area (Å²) in [6.07, 6.45) is 11.4. The first-order valence-corrected chi connectivity index (χ1v) is 9.46. The Labute approximate surface area is 153 Å². The number of carbonyl (C=O) groups excluding carboxylic acids is 1. The molecule has 0 atom stereocenters. The van der Waals surface area contributed by atoms with E-state index in [-0.39, 0.29) is 5.91 Å². The molecule has 3 aromatic heterocycles. The molecule has 26 heavy (non-hydrogen) atoms. The van der Waals surface area contributed by atoms with Crippen LogP contribution in [0.25, 0.3) is 5.65 Å². The lowest BCUT2D eigenvalue weighted by Gasteiger charge is -2.27. The lowest BCUT2D eigenvalue weighted by Crippen LogP contribution is -2.27. The van der Waals surface area contributed by atoms with E-state index in [1.54, 1.807) is 6.26 Å². The van der Waals surface area contributed by atoms with Crippen LogP contribution in [0.2, 0.25) is 0 Å². The highest BCUT2D eigenvalue weighted by Crippen LogP contribution is 2.36. The van der Waals surface area contributed by atoms with E-state index >= 15 is 0 Å². The summed E-state index contributed by atoms with van der Waals surface area (Å²) in [6, 6.07) is 7.83.